The lowest BCUT2D eigenvalue weighted by Gasteiger charge is -2.28. The third kappa shape index (κ3) is 3.25. The minimum absolute atomic E-state index is 0.373. The zero-order valence-electron chi connectivity index (χ0n) is 10.9. The fraction of sp³-hybridized carbons (Fsp3) is 0.917. The Hall–Kier alpha value is -0.970. The van der Waals surface area contributed by atoms with Crippen molar-refractivity contribution in [3.63, 3.8) is 0 Å². The second-order valence-corrected chi connectivity index (χ2v) is 5.26. The van der Waals surface area contributed by atoms with Gasteiger partial charge in [-0.25, -0.2) is 0 Å². The summed E-state index contributed by atoms with van der Waals surface area (Å²) in [5, 5.41) is 15.9. The molecule has 17 heavy (non-hydrogen) atoms. The maximum absolute atomic E-state index is 4.31. The fourth-order valence-electron chi connectivity index (χ4n) is 2.80. The molecule has 0 spiro atoms. The molecule has 0 amide bonds. The van der Waals surface area contributed by atoms with Gasteiger partial charge in [0.15, 0.2) is 5.82 Å². The number of hydrogen-bond donors (Lipinski definition) is 1. The van der Waals surface area contributed by atoms with Crippen molar-refractivity contribution in [2.45, 2.75) is 45.4 Å². The topological polar surface area (TPSA) is 55.6 Å². The van der Waals surface area contributed by atoms with E-state index in [0.717, 1.165) is 25.3 Å². The van der Waals surface area contributed by atoms with Crippen LogP contribution in [-0.4, -0.2) is 33.3 Å². The van der Waals surface area contributed by atoms with Crippen LogP contribution in [0.2, 0.25) is 0 Å². The Bertz CT molecular complexity index is 340. The van der Waals surface area contributed by atoms with Crippen molar-refractivity contribution in [3.05, 3.63) is 5.82 Å². The van der Waals surface area contributed by atoms with Crippen LogP contribution in [0.3, 0.4) is 0 Å². The molecule has 0 aromatic carbocycles. The Balaban J connectivity index is 1.96. The number of nitrogens with one attached hydrogen (secondary N) is 1. The molecule has 1 fully saturated rings. The molecule has 1 N–H and O–H groups in total. The Morgan fingerprint density at radius 1 is 1.35 bits per heavy atom. The second-order valence-electron chi connectivity index (χ2n) is 5.26. The van der Waals surface area contributed by atoms with Crippen LogP contribution in [0.5, 0.6) is 0 Å². The first-order valence-electron chi connectivity index (χ1n) is 6.68. The van der Waals surface area contributed by atoms with Crippen molar-refractivity contribution in [3.8, 4) is 0 Å². The Kier molecular flexibility index (Phi) is 4.10. The third-order valence-electron chi connectivity index (χ3n) is 3.67. The van der Waals surface area contributed by atoms with Crippen molar-refractivity contribution in [2.24, 2.45) is 12.5 Å². The van der Waals surface area contributed by atoms with Gasteiger partial charge in [0.05, 0.1) is 7.05 Å². The Morgan fingerprint density at radius 2 is 2.12 bits per heavy atom. The smallest absolute Gasteiger partial charge is 0.175 e. The molecule has 1 aromatic rings. The van der Waals surface area contributed by atoms with Gasteiger partial charge in [-0.3, -0.25) is 0 Å². The van der Waals surface area contributed by atoms with Crippen LogP contribution < -0.4 is 5.32 Å². The summed E-state index contributed by atoms with van der Waals surface area (Å²) >= 11 is 0. The molecule has 2 rings (SSSR count). The largest absolute Gasteiger partial charge is 0.316 e. The Labute approximate surface area is 103 Å². The molecule has 1 aliphatic rings. The van der Waals surface area contributed by atoms with E-state index >= 15 is 0 Å². The molecule has 96 valence electrons. The lowest BCUT2D eigenvalue weighted by atomic mass is 9.82. The number of aromatic nitrogens is 4. The van der Waals surface area contributed by atoms with E-state index in [1.807, 2.05) is 7.05 Å². The van der Waals surface area contributed by atoms with Gasteiger partial charge < -0.3 is 5.32 Å². The van der Waals surface area contributed by atoms with Gasteiger partial charge >= 0.3 is 0 Å². The zero-order chi connectivity index (χ0) is 12.1. The first kappa shape index (κ1) is 12.5. The van der Waals surface area contributed by atoms with Crippen LogP contribution in [0.1, 0.15) is 44.9 Å². The molecule has 0 unspecified atom stereocenters. The number of aryl methyl sites for hydroxylation is 1. The van der Waals surface area contributed by atoms with Gasteiger partial charge in [0, 0.05) is 13.0 Å². The van der Waals surface area contributed by atoms with E-state index in [9.17, 15) is 0 Å². The van der Waals surface area contributed by atoms with E-state index in [2.05, 4.69) is 27.7 Å². The highest BCUT2D eigenvalue weighted by molar-refractivity contribution is 4.95. The highest BCUT2D eigenvalue weighted by Gasteiger charge is 2.34. The van der Waals surface area contributed by atoms with Gasteiger partial charge in [-0.05, 0) is 36.4 Å². The van der Waals surface area contributed by atoms with Gasteiger partial charge in [0.2, 0.25) is 0 Å². The minimum Gasteiger partial charge on any atom is -0.316 e. The highest BCUT2D eigenvalue weighted by atomic mass is 15.6. The fourth-order valence-corrected chi connectivity index (χ4v) is 2.80. The number of tetrazole rings is 1. The minimum atomic E-state index is 0.373. The van der Waals surface area contributed by atoms with E-state index in [-0.39, 0.29) is 0 Å². The van der Waals surface area contributed by atoms with Gasteiger partial charge in [-0.15, -0.1) is 10.2 Å². The van der Waals surface area contributed by atoms with Crippen LogP contribution in [0.15, 0.2) is 0 Å². The number of nitrogens with zero attached hydrogens (tertiary/aromatic N) is 4. The molecular weight excluding hydrogens is 214 g/mol. The molecule has 0 atom stereocenters. The highest BCUT2D eigenvalue weighted by Crippen LogP contribution is 2.39. The first-order chi connectivity index (χ1) is 8.24. The summed E-state index contributed by atoms with van der Waals surface area (Å²) < 4.78 is 0. The predicted octanol–water partition coefficient (Wildman–Crippen LogP) is 1.31. The standard InChI is InChI=1S/C12H23N5/c1-3-8-13-10-12(6-4-5-7-12)9-11-14-16-17(2)15-11/h13H,3-10H2,1-2H3. The molecular formula is C12H23N5. The monoisotopic (exact) mass is 237 g/mol. The normalized spacial score (nSPS) is 18.7. The van der Waals surface area contributed by atoms with Crippen molar-refractivity contribution in [1.29, 1.82) is 0 Å². The SMILES string of the molecule is CCCNCC1(Cc2nnn(C)n2)CCCC1. The molecule has 0 radical (unpaired) electrons. The van der Waals surface area contributed by atoms with Crippen LogP contribution in [0, 0.1) is 5.41 Å². The maximum atomic E-state index is 4.31. The van der Waals surface area contributed by atoms with Crippen LogP contribution in [0.25, 0.3) is 0 Å². The lowest BCUT2D eigenvalue weighted by Crippen LogP contribution is -2.34. The molecule has 5 heteroatoms. The first-order valence-corrected chi connectivity index (χ1v) is 6.68. The molecule has 5 nitrogen and oxygen atoms in total. The van der Waals surface area contributed by atoms with E-state index in [1.165, 1.54) is 32.1 Å². The van der Waals surface area contributed by atoms with Crippen molar-refractivity contribution in [2.75, 3.05) is 13.1 Å². The van der Waals surface area contributed by atoms with Crippen LogP contribution in [-0.2, 0) is 13.5 Å². The molecule has 0 aliphatic heterocycles. The zero-order valence-corrected chi connectivity index (χ0v) is 10.9. The summed E-state index contributed by atoms with van der Waals surface area (Å²) in [5.41, 5.74) is 0.373. The van der Waals surface area contributed by atoms with Crippen LogP contribution >= 0.6 is 0 Å². The molecule has 0 saturated heterocycles. The second kappa shape index (κ2) is 5.58. The summed E-state index contributed by atoms with van der Waals surface area (Å²) in [5.74, 6) is 0.896. The summed E-state index contributed by atoms with van der Waals surface area (Å²) in [7, 11) is 1.83. The van der Waals surface area contributed by atoms with Gasteiger partial charge in [-0.1, -0.05) is 19.8 Å². The maximum Gasteiger partial charge on any atom is 0.175 e. The summed E-state index contributed by atoms with van der Waals surface area (Å²) in [6, 6.07) is 0. The Morgan fingerprint density at radius 3 is 2.71 bits per heavy atom. The molecule has 1 heterocycles. The summed E-state index contributed by atoms with van der Waals surface area (Å²) in [6.07, 6.45) is 7.43. The molecule has 1 saturated carbocycles. The van der Waals surface area contributed by atoms with E-state index < -0.39 is 0 Å². The third-order valence-corrected chi connectivity index (χ3v) is 3.67. The quantitative estimate of drug-likeness (QED) is 0.758. The van der Waals surface area contributed by atoms with E-state index in [1.54, 1.807) is 4.80 Å². The van der Waals surface area contributed by atoms with Crippen LogP contribution in [0.4, 0.5) is 0 Å². The van der Waals surface area contributed by atoms with Crippen molar-refractivity contribution >= 4 is 0 Å². The lowest BCUT2D eigenvalue weighted by molar-refractivity contribution is 0.272. The number of rotatable bonds is 6. The molecule has 1 aromatic heterocycles. The summed E-state index contributed by atoms with van der Waals surface area (Å²) in [4.78, 5) is 1.55. The average Bonchev–Trinajstić information content (AvgIpc) is 2.90. The summed E-state index contributed by atoms with van der Waals surface area (Å²) in [6.45, 7) is 4.41. The van der Waals surface area contributed by atoms with E-state index in [0.29, 0.717) is 5.41 Å². The van der Waals surface area contributed by atoms with Crippen molar-refractivity contribution in [1.82, 2.24) is 25.5 Å². The van der Waals surface area contributed by atoms with E-state index in [4.69, 9.17) is 0 Å². The predicted molar refractivity (Wildman–Crippen MR) is 66.6 cm³/mol. The van der Waals surface area contributed by atoms with Gasteiger partial charge in [-0.2, -0.15) is 4.80 Å². The van der Waals surface area contributed by atoms with Gasteiger partial charge in [0.25, 0.3) is 0 Å². The number of hydrogen-bond acceptors (Lipinski definition) is 4. The molecule has 0 bridgehead atoms. The molecule has 1 aliphatic carbocycles. The van der Waals surface area contributed by atoms with Gasteiger partial charge in [0.1, 0.15) is 0 Å². The van der Waals surface area contributed by atoms with Crippen molar-refractivity contribution < 1.29 is 0 Å². The average molecular weight is 237 g/mol.